The maximum absolute atomic E-state index is 5.82. The van der Waals surface area contributed by atoms with Crippen molar-refractivity contribution in [3.05, 3.63) is 24.1 Å². The van der Waals surface area contributed by atoms with Crippen molar-refractivity contribution in [3.63, 3.8) is 0 Å². The van der Waals surface area contributed by atoms with Crippen LogP contribution in [0, 0.1) is 0 Å². The number of nitrogen functional groups attached to an aromatic ring is 1. The number of hydrogen-bond acceptors (Lipinski definition) is 3. The van der Waals surface area contributed by atoms with Crippen molar-refractivity contribution < 1.29 is 4.42 Å². The molecule has 1 unspecified atom stereocenters. The molecule has 3 nitrogen and oxygen atoms in total. The van der Waals surface area contributed by atoms with Gasteiger partial charge >= 0.3 is 0 Å². The van der Waals surface area contributed by atoms with E-state index >= 15 is 0 Å². The van der Waals surface area contributed by atoms with Gasteiger partial charge in [-0.15, -0.1) is 0 Å². The highest BCUT2D eigenvalue weighted by Crippen LogP contribution is 2.27. The number of fused-ring (bicyclic) bond motifs is 1. The first-order valence-corrected chi connectivity index (χ1v) is 5.37. The number of aromatic nitrogens is 1. The number of rotatable bonds is 3. The van der Waals surface area contributed by atoms with Crippen LogP contribution < -0.4 is 5.73 Å². The van der Waals surface area contributed by atoms with Crippen molar-refractivity contribution in [1.82, 2.24) is 4.98 Å². The van der Waals surface area contributed by atoms with Crippen LogP contribution in [0.2, 0.25) is 0 Å². The fourth-order valence-electron chi connectivity index (χ4n) is 1.75. The van der Waals surface area contributed by atoms with Crippen molar-refractivity contribution >= 4 is 16.8 Å². The maximum atomic E-state index is 5.82. The minimum absolute atomic E-state index is 0.363. The Morgan fingerprint density at radius 3 is 2.93 bits per heavy atom. The molecule has 0 radical (unpaired) electrons. The van der Waals surface area contributed by atoms with Gasteiger partial charge in [-0.3, -0.25) is 0 Å². The lowest BCUT2D eigenvalue weighted by Gasteiger charge is -2.02. The van der Waals surface area contributed by atoms with Crippen LogP contribution in [-0.4, -0.2) is 4.98 Å². The van der Waals surface area contributed by atoms with Crippen LogP contribution in [0.15, 0.2) is 22.6 Å². The number of hydrogen-bond donors (Lipinski definition) is 1. The highest BCUT2D eigenvalue weighted by molar-refractivity contribution is 5.85. The number of benzene rings is 1. The molecule has 2 aromatic rings. The summed E-state index contributed by atoms with van der Waals surface area (Å²) in [6, 6.07) is 5.64. The Hall–Kier alpha value is -1.51. The summed E-state index contributed by atoms with van der Waals surface area (Å²) in [7, 11) is 0. The van der Waals surface area contributed by atoms with E-state index in [0.717, 1.165) is 29.8 Å². The lowest BCUT2D eigenvalue weighted by Crippen LogP contribution is -1.92. The number of nitrogens with two attached hydrogens (primary N) is 1. The van der Waals surface area contributed by atoms with Gasteiger partial charge in [0.05, 0.1) is 5.69 Å². The predicted octanol–water partition coefficient (Wildman–Crippen LogP) is 3.31. The molecule has 15 heavy (non-hydrogen) atoms. The van der Waals surface area contributed by atoms with Crippen LogP contribution in [0.3, 0.4) is 0 Å². The van der Waals surface area contributed by atoms with E-state index in [0.29, 0.717) is 11.6 Å². The molecule has 0 fully saturated rings. The fraction of sp³-hybridized carbons (Fsp3) is 0.417. The molecule has 1 aromatic heterocycles. The Morgan fingerprint density at radius 1 is 1.47 bits per heavy atom. The van der Waals surface area contributed by atoms with Gasteiger partial charge in [-0.1, -0.05) is 26.3 Å². The smallest absolute Gasteiger partial charge is 0.198 e. The Labute approximate surface area is 89.3 Å². The lowest BCUT2D eigenvalue weighted by molar-refractivity contribution is 0.467. The minimum Gasteiger partial charge on any atom is -0.440 e. The lowest BCUT2D eigenvalue weighted by atomic mass is 10.1. The summed E-state index contributed by atoms with van der Waals surface area (Å²) in [5.41, 5.74) is 8.08. The zero-order valence-corrected chi connectivity index (χ0v) is 9.16. The summed E-state index contributed by atoms with van der Waals surface area (Å²) in [5, 5.41) is 0. The van der Waals surface area contributed by atoms with Crippen LogP contribution in [0.4, 0.5) is 5.69 Å². The van der Waals surface area contributed by atoms with Gasteiger partial charge in [0.1, 0.15) is 5.52 Å². The number of anilines is 1. The van der Waals surface area contributed by atoms with Gasteiger partial charge < -0.3 is 10.2 Å². The van der Waals surface area contributed by atoms with Crippen molar-refractivity contribution in [1.29, 1.82) is 0 Å². The maximum Gasteiger partial charge on any atom is 0.198 e. The first-order chi connectivity index (χ1) is 7.22. The van der Waals surface area contributed by atoms with Crippen molar-refractivity contribution in [2.45, 2.75) is 32.6 Å². The molecule has 2 rings (SSSR count). The molecule has 80 valence electrons. The summed E-state index contributed by atoms with van der Waals surface area (Å²) in [4.78, 5) is 4.44. The van der Waals surface area contributed by atoms with E-state index < -0.39 is 0 Å². The second-order valence-corrected chi connectivity index (χ2v) is 3.94. The van der Waals surface area contributed by atoms with Crippen molar-refractivity contribution in [2.75, 3.05) is 5.73 Å². The topological polar surface area (TPSA) is 52.0 Å². The molecule has 2 N–H and O–H groups in total. The van der Waals surface area contributed by atoms with Crippen LogP contribution in [-0.2, 0) is 0 Å². The molecular formula is C12H16N2O. The Kier molecular flexibility index (Phi) is 2.62. The SMILES string of the molecule is CCCC(C)c1nc2c(N)cccc2o1. The standard InChI is InChI=1S/C12H16N2O/c1-3-5-8(2)12-14-11-9(13)6-4-7-10(11)15-12/h4,6-8H,3,5,13H2,1-2H3. The average Bonchev–Trinajstić information content (AvgIpc) is 2.63. The third-order valence-corrected chi connectivity index (χ3v) is 2.61. The predicted molar refractivity (Wildman–Crippen MR) is 61.7 cm³/mol. The van der Waals surface area contributed by atoms with Crippen molar-refractivity contribution in [2.24, 2.45) is 0 Å². The number of nitrogens with zero attached hydrogens (tertiary/aromatic N) is 1. The molecule has 0 amide bonds. The second kappa shape index (κ2) is 3.93. The van der Waals surface area contributed by atoms with Crippen LogP contribution in [0.5, 0.6) is 0 Å². The molecule has 1 aromatic carbocycles. The monoisotopic (exact) mass is 204 g/mol. The Bertz CT molecular complexity index is 462. The summed E-state index contributed by atoms with van der Waals surface area (Å²) in [5.74, 6) is 1.16. The van der Waals surface area contributed by atoms with Crippen LogP contribution >= 0.6 is 0 Å². The molecule has 0 saturated carbocycles. The highest BCUT2D eigenvalue weighted by Gasteiger charge is 2.13. The van der Waals surface area contributed by atoms with E-state index in [9.17, 15) is 0 Å². The van der Waals surface area contributed by atoms with Gasteiger partial charge in [-0.2, -0.15) is 0 Å². The van der Waals surface area contributed by atoms with Gasteiger partial charge in [0.2, 0.25) is 0 Å². The molecule has 0 aliphatic rings. The second-order valence-electron chi connectivity index (χ2n) is 3.94. The highest BCUT2D eigenvalue weighted by atomic mass is 16.3. The van der Waals surface area contributed by atoms with E-state index in [4.69, 9.17) is 10.2 Å². The molecule has 0 bridgehead atoms. The third kappa shape index (κ3) is 1.82. The first-order valence-electron chi connectivity index (χ1n) is 5.37. The molecular weight excluding hydrogens is 188 g/mol. The fourth-order valence-corrected chi connectivity index (χ4v) is 1.75. The molecule has 1 atom stereocenters. The quantitative estimate of drug-likeness (QED) is 0.780. The molecule has 0 aliphatic heterocycles. The van der Waals surface area contributed by atoms with Gasteiger partial charge in [-0.25, -0.2) is 4.98 Å². The van der Waals surface area contributed by atoms with Gasteiger partial charge in [0.25, 0.3) is 0 Å². The molecule has 0 spiro atoms. The first kappa shape index (κ1) is 10.0. The zero-order chi connectivity index (χ0) is 10.8. The van der Waals surface area contributed by atoms with Gasteiger partial charge in [0.15, 0.2) is 11.5 Å². The largest absolute Gasteiger partial charge is 0.440 e. The van der Waals surface area contributed by atoms with Crippen LogP contribution in [0.1, 0.15) is 38.5 Å². The van der Waals surface area contributed by atoms with E-state index in [1.807, 2.05) is 18.2 Å². The molecule has 1 heterocycles. The van der Waals surface area contributed by atoms with Gasteiger partial charge in [0, 0.05) is 5.92 Å². The Balaban J connectivity index is 2.43. The molecule has 3 heteroatoms. The zero-order valence-electron chi connectivity index (χ0n) is 9.16. The summed E-state index contributed by atoms with van der Waals surface area (Å²) in [6.45, 7) is 4.29. The number of para-hydroxylation sites is 1. The van der Waals surface area contributed by atoms with E-state index in [2.05, 4.69) is 18.8 Å². The van der Waals surface area contributed by atoms with Crippen LogP contribution in [0.25, 0.3) is 11.1 Å². The average molecular weight is 204 g/mol. The molecule has 0 saturated heterocycles. The summed E-state index contributed by atoms with van der Waals surface area (Å²) in [6.07, 6.45) is 2.22. The summed E-state index contributed by atoms with van der Waals surface area (Å²) < 4.78 is 5.67. The summed E-state index contributed by atoms with van der Waals surface area (Å²) >= 11 is 0. The van der Waals surface area contributed by atoms with E-state index in [-0.39, 0.29) is 0 Å². The van der Waals surface area contributed by atoms with Gasteiger partial charge in [-0.05, 0) is 18.6 Å². The minimum atomic E-state index is 0.363. The van der Waals surface area contributed by atoms with E-state index in [1.54, 1.807) is 0 Å². The normalized spacial score (nSPS) is 13.2. The Morgan fingerprint density at radius 2 is 2.27 bits per heavy atom. The number of oxazole rings is 1. The molecule has 0 aliphatic carbocycles. The van der Waals surface area contributed by atoms with Crippen molar-refractivity contribution in [3.8, 4) is 0 Å². The third-order valence-electron chi connectivity index (χ3n) is 2.61. The van der Waals surface area contributed by atoms with E-state index in [1.165, 1.54) is 0 Å².